The minimum absolute atomic E-state index is 0. The van der Waals surface area contributed by atoms with Crippen LogP contribution in [0.5, 0.6) is 0 Å². The fourth-order valence-corrected chi connectivity index (χ4v) is 6.47. The summed E-state index contributed by atoms with van der Waals surface area (Å²) >= 11 is 0. The third kappa shape index (κ3) is 15.3. The second-order valence-corrected chi connectivity index (χ2v) is 14.5. The number of rotatable bonds is 12. The van der Waals surface area contributed by atoms with Crippen LogP contribution in [0.15, 0.2) is 231 Å². The second kappa shape index (κ2) is 26.7. The van der Waals surface area contributed by atoms with Crippen LogP contribution in [-0.2, 0) is 0 Å². The molecular weight excluding hydrogens is 961 g/mol. The Hall–Kier alpha value is -7.04. The summed E-state index contributed by atoms with van der Waals surface area (Å²) in [6.07, 6.45) is 3.38. The number of carbonyl (C=O) groups excluding carboxylic acids is 6. The number of carbonyl (C=O) groups is 6. The third-order valence-corrected chi connectivity index (χ3v) is 9.88. The summed E-state index contributed by atoms with van der Waals surface area (Å²) in [5.74, 6) is -0.836. The van der Waals surface area contributed by atoms with E-state index < -0.39 is 0 Å². The van der Waals surface area contributed by atoms with Gasteiger partial charge in [-0.1, -0.05) is 206 Å². The van der Waals surface area contributed by atoms with Crippen molar-refractivity contribution in [1.29, 1.82) is 0 Å². The Kier molecular flexibility index (Phi) is 20.2. The Balaban J connectivity index is 0.000000164. The van der Waals surface area contributed by atoms with Gasteiger partial charge in [-0.15, -0.1) is 0 Å². The normalized spacial score (nSPS) is 9.94. The first-order valence-corrected chi connectivity index (χ1v) is 20.8. The molecule has 0 aliphatic heterocycles. The third-order valence-electron chi connectivity index (χ3n) is 9.88. The van der Waals surface area contributed by atoms with Crippen molar-refractivity contribution >= 4 is 56.5 Å². The molecule has 2 heterocycles. The molecule has 7 aromatic carbocycles. The van der Waals surface area contributed by atoms with E-state index >= 15 is 0 Å². The molecule has 0 aliphatic rings. The van der Waals surface area contributed by atoms with Crippen molar-refractivity contribution in [2.75, 3.05) is 0 Å². The minimum Gasteiger partial charge on any atom is -0.294 e. The summed E-state index contributed by atoms with van der Waals surface area (Å²) in [5, 5.41) is 2.28. The molecule has 0 spiro atoms. The van der Waals surface area contributed by atoms with Crippen LogP contribution in [0, 0.1) is 49.4 Å². The molecule has 325 valence electrons. The number of hydrogen-bond donors (Lipinski definition) is 0. The molecule has 0 unspecified atom stereocenters. The SMILES string of the molecule is O=C(CC(=O)c1ccccc1)c1ccccc1.O=C(CC(=O)c1ccccc1)c1ccccc1.O=C(CC(=O)c1ccccc1)c1ccccc1.[Eu].c1cnc2c(c1)ccc1cccnc12. The van der Waals surface area contributed by atoms with Gasteiger partial charge < -0.3 is 0 Å². The van der Waals surface area contributed by atoms with Gasteiger partial charge in [-0.3, -0.25) is 38.7 Å². The zero-order chi connectivity index (χ0) is 45.6. The van der Waals surface area contributed by atoms with Crippen molar-refractivity contribution in [3.05, 3.63) is 264 Å². The fraction of sp³-hybridized carbons (Fsp3) is 0.0526. The summed E-state index contributed by atoms with van der Waals surface area (Å²) in [6, 6.07) is 65.4. The molecule has 0 saturated heterocycles. The van der Waals surface area contributed by atoms with Crippen LogP contribution in [-0.4, -0.2) is 44.7 Å². The summed E-state index contributed by atoms with van der Waals surface area (Å²) in [6.45, 7) is 0. The topological polar surface area (TPSA) is 128 Å². The van der Waals surface area contributed by atoms with Crippen molar-refractivity contribution in [3.8, 4) is 0 Å². The first-order chi connectivity index (χ1) is 31.8. The first-order valence-electron chi connectivity index (χ1n) is 20.8. The average Bonchev–Trinajstić information content (AvgIpc) is 3.38. The van der Waals surface area contributed by atoms with Gasteiger partial charge in [0.15, 0.2) is 34.7 Å². The zero-order valence-corrected chi connectivity index (χ0v) is 38.2. The van der Waals surface area contributed by atoms with E-state index in [2.05, 4.69) is 34.2 Å². The quantitative estimate of drug-likeness (QED) is 0.0672. The molecule has 0 fully saturated rings. The van der Waals surface area contributed by atoms with Gasteiger partial charge in [0.05, 0.1) is 30.3 Å². The number of aromatic nitrogens is 2. The van der Waals surface area contributed by atoms with E-state index in [0.717, 1.165) is 21.8 Å². The Labute approximate surface area is 424 Å². The smallest absolute Gasteiger partial charge is 0.170 e. The Morgan fingerprint density at radius 3 is 0.652 bits per heavy atom. The van der Waals surface area contributed by atoms with E-state index in [-0.39, 0.29) is 103 Å². The van der Waals surface area contributed by atoms with E-state index in [1.54, 1.807) is 158 Å². The molecule has 9 rings (SSSR count). The van der Waals surface area contributed by atoms with Gasteiger partial charge in [-0.05, 0) is 12.1 Å². The molecule has 9 aromatic rings. The Morgan fingerprint density at radius 1 is 0.258 bits per heavy atom. The van der Waals surface area contributed by atoms with Crippen LogP contribution in [0.1, 0.15) is 81.4 Å². The van der Waals surface area contributed by atoms with Gasteiger partial charge >= 0.3 is 0 Å². The molecule has 1 radical (unpaired) electrons. The van der Waals surface area contributed by atoms with Crippen molar-refractivity contribution in [2.24, 2.45) is 0 Å². The molecule has 8 nitrogen and oxygen atoms in total. The van der Waals surface area contributed by atoms with Crippen molar-refractivity contribution in [3.63, 3.8) is 0 Å². The van der Waals surface area contributed by atoms with Gasteiger partial charge in [0.25, 0.3) is 0 Å². The van der Waals surface area contributed by atoms with Gasteiger partial charge in [0.2, 0.25) is 0 Å². The van der Waals surface area contributed by atoms with Crippen LogP contribution >= 0.6 is 0 Å². The minimum atomic E-state index is -0.139. The van der Waals surface area contributed by atoms with Gasteiger partial charge in [-0.25, -0.2) is 0 Å². The Morgan fingerprint density at radius 2 is 0.455 bits per heavy atom. The van der Waals surface area contributed by atoms with E-state index in [0.29, 0.717) is 33.4 Å². The molecule has 0 amide bonds. The summed E-state index contributed by atoms with van der Waals surface area (Å²) in [5.41, 5.74) is 5.44. The van der Waals surface area contributed by atoms with Crippen molar-refractivity contribution in [2.45, 2.75) is 19.3 Å². The maximum atomic E-state index is 11.8. The Bertz CT molecular complexity index is 2550. The molecule has 0 aliphatic carbocycles. The van der Waals surface area contributed by atoms with Crippen molar-refractivity contribution in [1.82, 2.24) is 9.97 Å². The van der Waals surface area contributed by atoms with Crippen LogP contribution in [0.4, 0.5) is 0 Å². The number of fused-ring (bicyclic) bond motifs is 3. The zero-order valence-electron chi connectivity index (χ0n) is 35.8. The molecule has 0 atom stereocenters. The predicted octanol–water partition coefficient (Wildman–Crippen LogP) is 12.2. The summed E-state index contributed by atoms with van der Waals surface area (Å²) in [7, 11) is 0. The number of benzene rings is 7. The van der Waals surface area contributed by atoms with E-state index in [9.17, 15) is 28.8 Å². The molecule has 2 aromatic heterocycles. The standard InChI is InChI=1S/3C15H12O2.C12H8N2.Eu/c3*16-14(12-7-3-1-4-8-12)11-15(17)13-9-5-2-6-10-13;1-3-9-5-6-10-4-2-8-14-12(10)11(9)13-7-1;/h3*1-10H,11H2;1-8H;. The van der Waals surface area contributed by atoms with Crippen LogP contribution in [0.2, 0.25) is 0 Å². The summed E-state index contributed by atoms with van der Waals surface area (Å²) < 4.78 is 0. The molecule has 0 bridgehead atoms. The molecule has 66 heavy (non-hydrogen) atoms. The van der Waals surface area contributed by atoms with Crippen LogP contribution in [0.25, 0.3) is 21.8 Å². The number of ketones is 6. The molecule has 9 heteroatoms. The van der Waals surface area contributed by atoms with Crippen LogP contribution < -0.4 is 0 Å². The van der Waals surface area contributed by atoms with E-state index in [4.69, 9.17) is 0 Å². The van der Waals surface area contributed by atoms with Gasteiger partial charge in [-0.2, -0.15) is 0 Å². The van der Waals surface area contributed by atoms with Gasteiger partial charge in [0, 0.05) is 106 Å². The number of nitrogens with zero attached hydrogens (tertiary/aromatic N) is 2. The number of hydrogen-bond acceptors (Lipinski definition) is 8. The molecule has 0 N–H and O–H groups in total. The maximum absolute atomic E-state index is 11.8. The number of Topliss-reactive ketones (excluding diaryl/α,β-unsaturated/α-hetero) is 6. The second-order valence-electron chi connectivity index (χ2n) is 14.5. The van der Waals surface area contributed by atoms with E-state index in [1.165, 1.54) is 0 Å². The largest absolute Gasteiger partial charge is 0.294 e. The first kappa shape index (κ1) is 50.0. The van der Waals surface area contributed by atoms with Crippen molar-refractivity contribution < 1.29 is 78.1 Å². The predicted molar refractivity (Wildman–Crippen MR) is 256 cm³/mol. The summed E-state index contributed by atoms with van der Waals surface area (Å²) in [4.78, 5) is 79.5. The monoisotopic (exact) mass is 1010 g/mol. The fourth-order valence-electron chi connectivity index (χ4n) is 6.47. The molecular formula is C57H44EuN2O6. The number of pyridine rings is 2. The molecule has 0 saturated carbocycles. The van der Waals surface area contributed by atoms with Gasteiger partial charge in [0.1, 0.15) is 0 Å². The van der Waals surface area contributed by atoms with Crippen LogP contribution in [0.3, 0.4) is 0 Å². The average molecular weight is 1000 g/mol. The van der Waals surface area contributed by atoms with E-state index in [1.807, 2.05) is 48.5 Å². The maximum Gasteiger partial charge on any atom is 0.170 e.